The molecule has 0 aromatic carbocycles. The van der Waals surface area contributed by atoms with Gasteiger partial charge in [-0.15, -0.1) is 11.3 Å². The van der Waals surface area contributed by atoms with Crippen molar-refractivity contribution in [3.63, 3.8) is 0 Å². The second-order valence-electron chi connectivity index (χ2n) is 6.03. The Hall–Kier alpha value is -2.13. The van der Waals surface area contributed by atoms with Gasteiger partial charge in [0, 0.05) is 12.4 Å². The molecule has 3 heterocycles. The van der Waals surface area contributed by atoms with E-state index in [1.54, 1.807) is 0 Å². The fourth-order valence-electron chi connectivity index (χ4n) is 2.51. The molecule has 0 amide bonds. The molecule has 0 unspecified atom stereocenters. The van der Waals surface area contributed by atoms with Crippen LogP contribution in [-0.2, 0) is 10.0 Å². The van der Waals surface area contributed by atoms with Crippen molar-refractivity contribution in [2.75, 3.05) is 0 Å². The van der Waals surface area contributed by atoms with Crippen LogP contribution in [0.15, 0.2) is 29.6 Å². The molecule has 0 spiro atoms. The molecule has 1 N–H and O–H groups in total. The zero-order chi connectivity index (χ0) is 19.4. The van der Waals surface area contributed by atoms with Crippen LogP contribution in [0.5, 0.6) is 0 Å². The van der Waals surface area contributed by atoms with Crippen molar-refractivity contribution in [1.82, 2.24) is 19.1 Å². The van der Waals surface area contributed by atoms with Crippen molar-refractivity contribution in [1.29, 1.82) is 5.26 Å². The fourth-order valence-corrected chi connectivity index (χ4v) is 4.99. The van der Waals surface area contributed by atoms with Gasteiger partial charge in [-0.1, -0.05) is 11.6 Å². The summed E-state index contributed by atoms with van der Waals surface area (Å²) in [5.74, 6) is 0.197. The van der Waals surface area contributed by atoms with E-state index in [-0.39, 0.29) is 25.6 Å². The van der Waals surface area contributed by atoms with Gasteiger partial charge in [0.15, 0.2) is 10.8 Å². The number of fused-ring (bicyclic) bond motifs is 1. The molecule has 0 aliphatic heterocycles. The molecule has 1 fully saturated rings. The average molecular weight is 430 g/mol. The predicted molar refractivity (Wildman–Crippen MR) is 94.2 cm³/mol. The molecule has 7 nitrogen and oxygen atoms in total. The molecule has 12 heteroatoms. The maximum atomic E-state index is 12.8. The minimum atomic E-state index is -4.01. The number of alkyl halides is 2. The number of nitriles is 1. The lowest BCUT2D eigenvalue weighted by molar-refractivity contribution is 0.155. The Kier molecular flexibility index (Phi) is 4.19. The minimum Gasteiger partial charge on any atom is -0.295 e. The Morgan fingerprint density at radius 3 is 2.70 bits per heavy atom. The summed E-state index contributed by atoms with van der Waals surface area (Å²) in [6, 6.07) is 3.21. The van der Waals surface area contributed by atoms with Crippen molar-refractivity contribution < 1.29 is 17.2 Å². The number of imidazole rings is 1. The molecule has 27 heavy (non-hydrogen) atoms. The van der Waals surface area contributed by atoms with Gasteiger partial charge >= 0.3 is 0 Å². The lowest BCUT2D eigenvalue weighted by Crippen LogP contribution is -2.35. The smallest absolute Gasteiger partial charge is 0.274 e. The van der Waals surface area contributed by atoms with E-state index in [4.69, 9.17) is 16.9 Å². The highest BCUT2D eigenvalue weighted by Crippen LogP contribution is 2.37. The molecular formula is C15H10ClF2N5O2S2. The van der Waals surface area contributed by atoms with Crippen LogP contribution in [0.2, 0.25) is 5.02 Å². The topological polar surface area (TPSA) is 100 Å². The van der Waals surface area contributed by atoms with E-state index in [1.807, 2.05) is 6.07 Å². The van der Waals surface area contributed by atoms with Crippen LogP contribution in [-0.4, -0.2) is 28.3 Å². The van der Waals surface area contributed by atoms with E-state index in [0.29, 0.717) is 18.4 Å². The predicted octanol–water partition coefficient (Wildman–Crippen LogP) is 3.38. The number of hydrogen-bond donors (Lipinski definition) is 1. The SMILES string of the molecule is N#CC1(NS(=O)(=O)c2cc(Cl)c3cnc(-c4ncc(C(F)F)s4)n3c2)CC1. The second kappa shape index (κ2) is 6.20. The van der Waals surface area contributed by atoms with Gasteiger partial charge in [-0.3, -0.25) is 4.40 Å². The van der Waals surface area contributed by atoms with E-state index in [0.717, 1.165) is 17.5 Å². The van der Waals surface area contributed by atoms with Crippen LogP contribution in [0.4, 0.5) is 8.78 Å². The standard InChI is InChI=1S/C15H10ClF2N5O2S2/c16-9-3-8(27(24,25)22-15(7-19)1-2-15)6-23-10(9)4-20-13(23)14-21-5-11(26-14)12(17)18/h3-6,12,22H,1-2H2. The third-order valence-electron chi connectivity index (χ3n) is 4.10. The molecule has 0 saturated heterocycles. The largest absolute Gasteiger partial charge is 0.295 e. The summed E-state index contributed by atoms with van der Waals surface area (Å²) in [6.07, 6.45) is 1.95. The summed E-state index contributed by atoms with van der Waals surface area (Å²) in [5.41, 5.74) is -0.680. The first-order valence-corrected chi connectivity index (χ1v) is 10.3. The van der Waals surface area contributed by atoms with Crippen LogP contribution in [0.1, 0.15) is 24.1 Å². The zero-order valence-corrected chi connectivity index (χ0v) is 15.7. The molecule has 140 valence electrons. The van der Waals surface area contributed by atoms with E-state index in [2.05, 4.69) is 14.7 Å². The van der Waals surface area contributed by atoms with Gasteiger partial charge in [0.05, 0.1) is 27.7 Å². The van der Waals surface area contributed by atoms with Crippen molar-refractivity contribution in [3.8, 4) is 16.9 Å². The van der Waals surface area contributed by atoms with Crippen LogP contribution in [0, 0.1) is 11.3 Å². The quantitative estimate of drug-likeness (QED) is 0.670. The number of rotatable bonds is 5. The minimum absolute atomic E-state index is 0.115. The number of aromatic nitrogens is 3. The van der Waals surface area contributed by atoms with Gasteiger partial charge in [0.1, 0.15) is 10.4 Å². The number of nitrogens with zero attached hydrogens (tertiary/aromatic N) is 4. The number of halogens is 3. The summed E-state index contributed by atoms with van der Waals surface area (Å²) in [7, 11) is -4.01. The first kappa shape index (κ1) is 18.2. The molecule has 3 aromatic rings. The Labute approximate surface area is 161 Å². The fraction of sp³-hybridized carbons (Fsp3) is 0.267. The number of hydrogen-bond acceptors (Lipinski definition) is 6. The average Bonchev–Trinajstić information content (AvgIpc) is 3.03. The first-order valence-electron chi connectivity index (χ1n) is 7.61. The second-order valence-corrected chi connectivity index (χ2v) is 9.18. The number of thiazole rings is 1. The summed E-state index contributed by atoms with van der Waals surface area (Å²) in [6.45, 7) is 0. The lowest BCUT2D eigenvalue weighted by atomic mass is 10.3. The van der Waals surface area contributed by atoms with Gasteiger partial charge in [0.25, 0.3) is 6.43 Å². The van der Waals surface area contributed by atoms with E-state index < -0.39 is 22.0 Å². The molecule has 0 atom stereocenters. The van der Waals surface area contributed by atoms with Gasteiger partial charge in [0.2, 0.25) is 10.0 Å². The van der Waals surface area contributed by atoms with Crippen molar-refractivity contribution in [2.45, 2.75) is 29.7 Å². The lowest BCUT2D eigenvalue weighted by Gasteiger charge is -2.11. The molecule has 3 aromatic heterocycles. The normalized spacial score (nSPS) is 16.0. The van der Waals surface area contributed by atoms with Crippen molar-refractivity contribution >= 4 is 38.5 Å². The summed E-state index contributed by atoms with van der Waals surface area (Å²) in [4.78, 5) is 7.70. The number of nitrogens with one attached hydrogen (secondary N) is 1. The van der Waals surface area contributed by atoms with E-state index >= 15 is 0 Å². The summed E-state index contributed by atoms with van der Waals surface area (Å²) >= 11 is 6.95. The maximum absolute atomic E-state index is 12.8. The molecule has 1 saturated carbocycles. The molecule has 4 rings (SSSR count). The van der Waals surface area contributed by atoms with Gasteiger partial charge < -0.3 is 0 Å². The van der Waals surface area contributed by atoms with Gasteiger partial charge in [-0.2, -0.15) is 9.98 Å². The highest BCUT2D eigenvalue weighted by atomic mass is 35.5. The van der Waals surface area contributed by atoms with Crippen LogP contribution in [0.25, 0.3) is 16.3 Å². The molecular weight excluding hydrogens is 420 g/mol. The highest BCUT2D eigenvalue weighted by Gasteiger charge is 2.47. The molecule has 1 aliphatic carbocycles. The third kappa shape index (κ3) is 3.19. The Morgan fingerprint density at radius 2 is 2.11 bits per heavy atom. The van der Waals surface area contributed by atoms with Gasteiger partial charge in [-0.05, 0) is 18.9 Å². The number of sulfonamides is 1. The Balaban J connectivity index is 1.81. The summed E-state index contributed by atoms with van der Waals surface area (Å²) < 4.78 is 54.7. The van der Waals surface area contributed by atoms with Gasteiger partial charge in [-0.25, -0.2) is 27.2 Å². The van der Waals surface area contributed by atoms with Crippen molar-refractivity contribution in [2.24, 2.45) is 0 Å². The maximum Gasteiger partial charge on any atom is 0.274 e. The third-order valence-corrected chi connectivity index (χ3v) is 6.91. The Morgan fingerprint density at radius 1 is 1.37 bits per heavy atom. The zero-order valence-electron chi connectivity index (χ0n) is 13.4. The molecule has 0 bridgehead atoms. The Bertz CT molecular complexity index is 1190. The van der Waals surface area contributed by atoms with E-state index in [1.165, 1.54) is 22.9 Å². The summed E-state index contributed by atoms with van der Waals surface area (Å²) in [5, 5.41) is 9.44. The monoisotopic (exact) mass is 429 g/mol. The molecule has 1 aliphatic rings. The van der Waals surface area contributed by atoms with E-state index in [9.17, 15) is 17.2 Å². The number of pyridine rings is 1. The first-order chi connectivity index (χ1) is 12.7. The highest BCUT2D eigenvalue weighted by molar-refractivity contribution is 7.89. The van der Waals surface area contributed by atoms with Crippen LogP contribution in [0.3, 0.4) is 0 Å². The van der Waals surface area contributed by atoms with Crippen molar-refractivity contribution in [3.05, 3.63) is 34.6 Å². The van der Waals surface area contributed by atoms with Crippen LogP contribution < -0.4 is 4.72 Å². The van der Waals surface area contributed by atoms with Crippen LogP contribution >= 0.6 is 22.9 Å². The molecule has 0 radical (unpaired) electrons.